The molecule has 4 nitrogen and oxygen atoms in total. The van der Waals surface area contributed by atoms with Gasteiger partial charge in [-0.1, -0.05) is 11.6 Å². The number of aromatic nitrogens is 3. The lowest BCUT2D eigenvalue weighted by Gasteiger charge is -2.20. The number of nitrogens with zero attached hydrogens (tertiary/aromatic N) is 1. The van der Waals surface area contributed by atoms with Crippen LogP contribution < -0.4 is 0 Å². The van der Waals surface area contributed by atoms with Gasteiger partial charge < -0.3 is 9.97 Å². The summed E-state index contributed by atoms with van der Waals surface area (Å²) in [6, 6.07) is 5.64. The summed E-state index contributed by atoms with van der Waals surface area (Å²) in [6.45, 7) is 1.95. The Morgan fingerprint density at radius 1 is 1.41 bits per heavy atom. The van der Waals surface area contributed by atoms with Crippen molar-refractivity contribution in [3.8, 4) is 0 Å². The largest absolute Gasteiger partial charge is 0.358 e. The van der Waals surface area contributed by atoms with Gasteiger partial charge in [0.15, 0.2) is 5.78 Å². The molecule has 2 N–H and O–H groups in total. The van der Waals surface area contributed by atoms with Gasteiger partial charge in [0.2, 0.25) is 0 Å². The van der Waals surface area contributed by atoms with Gasteiger partial charge in [0.1, 0.15) is 0 Å². The van der Waals surface area contributed by atoms with Crippen LogP contribution in [0.15, 0.2) is 24.5 Å². The van der Waals surface area contributed by atoms with E-state index in [0.29, 0.717) is 5.02 Å². The smallest absolute Gasteiger partial charge is 0.168 e. The third-order valence-corrected chi connectivity index (χ3v) is 4.79. The molecule has 2 aromatic heterocycles. The number of halogens is 1. The number of carbonyl (C=O) groups excluding carboxylic acids is 1. The molecule has 0 bridgehead atoms. The Morgan fingerprint density at radius 3 is 3.14 bits per heavy atom. The molecule has 1 aliphatic carbocycles. The van der Waals surface area contributed by atoms with E-state index in [4.69, 9.17) is 11.6 Å². The molecular weight excluding hydrogens is 298 g/mol. The van der Waals surface area contributed by atoms with Crippen molar-refractivity contribution in [2.75, 3.05) is 0 Å². The van der Waals surface area contributed by atoms with Crippen molar-refractivity contribution in [1.29, 1.82) is 0 Å². The van der Waals surface area contributed by atoms with Crippen molar-refractivity contribution in [2.45, 2.75) is 26.2 Å². The van der Waals surface area contributed by atoms with Crippen molar-refractivity contribution < 1.29 is 4.79 Å². The maximum absolute atomic E-state index is 13.0. The quantitative estimate of drug-likeness (QED) is 0.706. The topological polar surface area (TPSA) is 61.5 Å². The molecule has 5 heteroatoms. The van der Waals surface area contributed by atoms with Gasteiger partial charge in [0, 0.05) is 38.8 Å². The summed E-state index contributed by atoms with van der Waals surface area (Å²) in [7, 11) is 0. The highest BCUT2D eigenvalue weighted by molar-refractivity contribution is 6.31. The lowest BCUT2D eigenvalue weighted by Crippen LogP contribution is -2.23. The number of aromatic amines is 2. The van der Waals surface area contributed by atoms with E-state index in [1.807, 2.05) is 25.1 Å². The predicted octanol–water partition coefficient (Wildman–Crippen LogP) is 3.84. The number of benzene rings is 1. The summed E-state index contributed by atoms with van der Waals surface area (Å²) in [6.07, 6.45) is 4.16. The molecule has 0 radical (unpaired) electrons. The van der Waals surface area contributed by atoms with Crippen molar-refractivity contribution in [3.05, 3.63) is 52.2 Å². The Bertz CT molecular complexity index is 877. The van der Waals surface area contributed by atoms with Gasteiger partial charge in [-0.25, -0.2) is 4.98 Å². The van der Waals surface area contributed by atoms with Crippen LogP contribution >= 0.6 is 11.6 Å². The van der Waals surface area contributed by atoms with Gasteiger partial charge in [-0.05, 0) is 44.4 Å². The van der Waals surface area contributed by atoms with Gasteiger partial charge in [-0.15, -0.1) is 0 Å². The minimum absolute atomic E-state index is 0.00429. The van der Waals surface area contributed by atoms with E-state index in [0.717, 1.165) is 52.8 Å². The fourth-order valence-electron chi connectivity index (χ4n) is 3.45. The molecular formula is C17H16ClN3O. The monoisotopic (exact) mass is 313 g/mol. The highest BCUT2D eigenvalue weighted by atomic mass is 35.5. The van der Waals surface area contributed by atoms with Crippen LogP contribution in [-0.4, -0.2) is 20.7 Å². The van der Waals surface area contributed by atoms with Crippen LogP contribution in [-0.2, 0) is 12.8 Å². The molecule has 1 atom stereocenters. The number of H-pyrrole nitrogens is 2. The molecule has 1 aliphatic rings. The Balaban J connectivity index is 1.74. The number of Topliss-reactive ketones (excluding diaryl/α,β-unsaturated/α-hetero) is 1. The predicted molar refractivity (Wildman–Crippen MR) is 86.5 cm³/mol. The number of nitrogens with one attached hydrogen (secondary N) is 2. The Hall–Kier alpha value is -2.07. The van der Waals surface area contributed by atoms with Crippen molar-refractivity contribution in [2.24, 2.45) is 5.92 Å². The van der Waals surface area contributed by atoms with E-state index < -0.39 is 0 Å². The zero-order chi connectivity index (χ0) is 15.3. The highest BCUT2D eigenvalue weighted by Gasteiger charge is 2.29. The molecule has 2 heterocycles. The van der Waals surface area contributed by atoms with Crippen LogP contribution in [0, 0.1) is 12.8 Å². The first-order chi connectivity index (χ1) is 10.6. The van der Waals surface area contributed by atoms with Gasteiger partial charge in [0.05, 0.1) is 12.0 Å². The number of rotatable bonds is 2. The molecule has 0 spiro atoms. The van der Waals surface area contributed by atoms with Crippen LogP contribution in [0.25, 0.3) is 10.9 Å². The second kappa shape index (κ2) is 4.99. The van der Waals surface area contributed by atoms with Gasteiger partial charge in [0.25, 0.3) is 0 Å². The summed E-state index contributed by atoms with van der Waals surface area (Å²) in [5.41, 5.74) is 4.86. The second-order valence-electron chi connectivity index (χ2n) is 5.95. The maximum atomic E-state index is 13.0. The maximum Gasteiger partial charge on any atom is 0.168 e. The molecule has 1 unspecified atom stereocenters. The number of carbonyl (C=O) groups is 1. The van der Waals surface area contributed by atoms with E-state index in [1.165, 1.54) is 0 Å². The molecule has 0 saturated heterocycles. The van der Waals surface area contributed by atoms with Crippen molar-refractivity contribution in [1.82, 2.24) is 15.0 Å². The molecule has 0 aliphatic heterocycles. The van der Waals surface area contributed by atoms with E-state index in [2.05, 4.69) is 15.0 Å². The lowest BCUT2D eigenvalue weighted by atomic mass is 9.83. The zero-order valence-corrected chi connectivity index (χ0v) is 13.0. The molecule has 1 aromatic carbocycles. The van der Waals surface area contributed by atoms with Crippen LogP contribution in [0.4, 0.5) is 0 Å². The minimum Gasteiger partial charge on any atom is -0.358 e. The van der Waals surface area contributed by atoms with Crippen molar-refractivity contribution in [3.63, 3.8) is 0 Å². The normalized spacial score (nSPS) is 17.6. The summed E-state index contributed by atoms with van der Waals surface area (Å²) in [4.78, 5) is 23.8. The average Bonchev–Trinajstić information content (AvgIpc) is 3.08. The molecule has 0 fully saturated rings. The number of hydrogen-bond donors (Lipinski definition) is 2. The fourth-order valence-corrected chi connectivity index (χ4v) is 3.62. The van der Waals surface area contributed by atoms with E-state index >= 15 is 0 Å². The number of hydrogen-bond acceptors (Lipinski definition) is 2. The first-order valence-corrected chi connectivity index (χ1v) is 7.84. The van der Waals surface area contributed by atoms with Gasteiger partial charge >= 0.3 is 0 Å². The second-order valence-corrected chi connectivity index (χ2v) is 6.38. The fraction of sp³-hybridized carbons (Fsp3) is 0.294. The number of aryl methyl sites for hydroxylation is 2. The average molecular weight is 314 g/mol. The molecule has 0 amide bonds. The van der Waals surface area contributed by atoms with Crippen molar-refractivity contribution >= 4 is 28.3 Å². The standard InChI is InChI=1S/C17H16ClN3O/c1-9-16(12-7-11(18)3-5-13(12)21-9)17(22)10-2-4-14-15(6-10)20-8-19-14/h3,5,7-8,10,21H,2,4,6H2,1H3,(H,19,20). The number of fused-ring (bicyclic) bond motifs is 2. The van der Waals surface area contributed by atoms with Crippen LogP contribution in [0.1, 0.15) is 33.9 Å². The van der Waals surface area contributed by atoms with Gasteiger partial charge in [-0.3, -0.25) is 4.79 Å². The van der Waals surface area contributed by atoms with E-state index in [-0.39, 0.29) is 11.7 Å². The number of ketones is 1. The molecule has 0 saturated carbocycles. The Morgan fingerprint density at radius 2 is 2.27 bits per heavy atom. The van der Waals surface area contributed by atoms with Crippen LogP contribution in [0.5, 0.6) is 0 Å². The third-order valence-electron chi connectivity index (χ3n) is 4.55. The van der Waals surface area contributed by atoms with Crippen LogP contribution in [0.2, 0.25) is 5.02 Å². The Labute approximate surface area is 132 Å². The summed E-state index contributed by atoms with van der Waals surface area (Å²) >= 11 is 6.10. The molecule has 3 aromatic rings. The SMILES string of the molecule is Cc1[nH]c2ccc(Cl)cc2c1C(=O)C1CCc2nc[nH]c2C1. The number of imidazole rings is 1. The molecule has 4 rings (SSSR count). The van der Waals surface area contributed by atoms with Gasteiger partial charge in [-0.2, -0.15) is 0 Å². The van der Waals surface area contributed by atoms with E-state index in [1.54, 1.807) is 6.33 Å². The van der Waals surface area contributed by atoms with E-state index in [9.17, 15) is 4.79 Å². The molecule has 22 heavy (non-hydrogen) atoms. The highest BCUT2D eigenvalue weighted by Crippen LogP contribution is 2.31. The minimum atomic E-state index is 0.00429. The lowest BCUT2D eigenvalue weighted by molar-refractivity contribution is 0.0909. The Kier molecular flexibility index (Phi) is 3.08. The zero-order valence-electron chi connectivity index (χ0n) is 12.2. The van der Waals surface area contributed by atoms with Crippen LogP contribution in [0.3, 0.4) is 0 Å². The molecule has 112 valence electrons. The summed E-state index contributed by atoms with van der Waals surface area (Å²) < 4.78 is 0. The first-order valence-electron chi connectivity index (χ1n) is 7.46. The third kappa shape index (κ3) is 2.06. The summed E-state index contributed by atoms with van der Waals surface area (Å²) in [5, 5.41) is 1.57. The first kappa shape index (κ1) is 13.6. The summed E-state index contributed by atoms with van der Waals surface area (Å²) in [5.74, 6) is 0.205.